The Morgan fingerprint density at radius 3 is 1.62 bits per heavy atom. The summed E-state index contributed by atoms with van der Waals surface area (Å²) < 4.78 is 0. The third-order valence-corrected chi connectivity index (χ3v) is 9.72. The molecule has 2 aromatic rings. The van der Waals surface area contributed by atoms with Gasteiger partial charge in [-0.15, -0.1) is 0 Å². The molecule has 0 fully saturated rings. The molecule has 1 nitrogen and oxygen atoms in total. The average Bonchev–Trinajstić information content (AvgIpc) is 2.61. The third kappa shape index (κ3) is 5.84. The normalized spacial score (nSPS) is 16.3. The molecule has 2 aromatic carbocycles. The van der Waals surface area contributed by atoms with Crippen molar-refractivity contribution in [3.63, 3.8) is 0 Å². The number of rotatable bonds is 9. The average molecular weight is 360 g/mol. The fourth-order valence-corrected chi connectivity index (χ4v) is 8.83. The van der Waals surface area contributed by atoms with Crippen molar-refractivity contribution in [3.05, 3.63) is 71.8 Å². The largest absolute Gasteiger partial charge is 0.330 e. The number of hydrogen-bond donors (Lipinski definition) is 1. The standard InChI is InChI=1S/C21H30NPS/c1-18(20-10-5-3-6-11-20)16-23(24,15-9-14-22)17-19(2)21-12-7-4-8-13-21/h3-8,10-13,18-19H,9,14-17,22H2,1-2H3. The molecule has 0 bridgehead atoms. The van der Waals surface area contributed by atoms with Gasteiger partial charge in [0.2, 0.25) is 0 Å². The van der Waals surface area contributed by atoms with Gasteiger partial charge in [-0.1, -0.05) is 86.3 Å². The molecular weight excluding hydrogens is 329 g/mol. The van der Waals surface area contributed by atoms with E-state index < -0.39 is 6.04 Å². The molecule has 2 atom stereocenters. The van der Waals surface area contributed by atoms with E-state index in [1.165, 1.54) is 11.1 Å². The molecule has 0 heterocycles. The van der Waals surface area contributed by atoms with Crippen molar-refractivity contribution in [3.8, 4) is 0 Å². The van der Waals surface area contributed by atoms with Gasteiger partial charge >= 0.3 is 0 Å². The maximum absolute atomic E-state index is 6.28. The van der Waals surface area contributed by atoms with Crippen LogP contribution in [-0.4, -0.2) is 25.0 Å². The van der Waals surface area contributed by atoms with Crippen LogP contribution in [0.5, 0.6) is 0 Å². The summed E-state index contributed by atoms with van der Waals surface area (Å²) in [5.41, 5.74) is 8.61. The van der Waals surface area contributed by atoms with Crippen molar-refractivity contribution in [2.45, 2.75) is 32.1 Å². The smallest absolute Gasteiger partial charge is 0.00737 e. The minimum atomic E-state index is -1.43. The van der Waals surface area contributed by atoms with Gasteiger partial charge in [-0.3, -0.25) is 0 Å². The second-order valence-corrected chi connectivity index (χ2v) is 12.5. The first-order chi connectivity index (χ1) is 11.5. The van der Waals surface area contributed by atoms with E-state index >= 15 is 0 Å². The highest BCUT2D eigenvalue weighted by Gasteiger charge is 2.24. The van der Waals surface area contributed by atoms with Crippen LogP contribution in [0, 0.1) is 0 Å². The van der Waals surface area contributed by atoms with Crippen molar-refractivity contribution < 1.29 is 0 Å². The maximum atomic E-state index is 6.28. The van der Waals surface area contributed by atoms with E-state index in [9.17, 15) is 0 Å². The first-order valence-corrected chi connectivity index (χ1v) is 12.3. The molecule has 0 aliphatic heterocycles. The molecule has 0 saturated heterocycles. The molecule has 0 aliphatic rings. The molecule has 0 saturated carbocycles. The zero-order valence-electron chi connectivity index (χ0n) is 14.9. The van der Waals surface area contributed by atoms with Crippen LogP contribution in [0.4, 0.5) is 0 Å². The Morgan fingerprint density at radius 1 is 0.833 bits per heavy atom. The molecule has 2 rings (SSSR count). The lowest BCUT2D eigenvalue weighted by Crippen LogP contribution is -2.13. The van der Waals surface area contributed by atoms with Crippen LogP contribution in [0.3, 0.4) is 0 Å². The number of hydrogen-bond acceptors (Lipinski definition) is 2. The van der Waals surface area contributed by atoms with Crippen LogP contribution in [-0.2, 0) is 11.8 Å². The second kappa shape index (κ2) is 9.51. The zero-order valence-corrected chi connectivity index (χ0v) is 16.6. The van der Waals surface area contributed by atoms with E-state index in [0.29, 0.717) is 11.8 Å². The SMILES string of the molecule is CC(CP(=S)(CCCN)CC(C)c1ccccc1)c1ccccc1. The second-order valence-electron chi connectivity index (χ2n) is 6.91. The van der Waals surface area contributed by atoms with E-state index in [4.69, 9.17) is 17.5 Å². The Hall–Kier alpha value is -0.950. The fraction of sp³-hybridized carbons (Fsp3) is 0.429. The molecule has 0 amide bonds. The quantitative estimate of drug-likeness (QED) is 0.605. The molecule has 2 N–H and O–H groups in total. The van der Waals surface area contributed by atoms with Crippen LogP contribution < -0.4 is 5.73 Å². The first kappa shape index (κ1) is 19.4. The van der Waals surface area contributed by atoms with Gasteiger partial charge in [0.1, 0.15) is 0 Å². The number of nitrogens with two attached hydrogens (primary N) is 1. The Bertz CT molecular complexity index is 590. The highest BCUT2D eigenvalue weighted by Crippen LogP contribution is 2.52. The van der Waals surface area contributed by atoms with Crippen LogP contribution in [0.25, 0.3) is 0 Å². The lowest BCUT2D eigenvalue weighted by atomic mass is 10.0. The van der Waals surface area contributed by atoms with Gasteiger partial charge < -0.3 is 5.73 Å². The number of benzene rings is 2. The Morgan fingerprint density at radius 2 is 1.25 bits per heavy atom. The van der Waals surface area contributed by atoms with E-state index in [-0.39, 0.29) is 0 Å². The van der Waals surface area contributed by atoms with Crippen molar-refractivity contribution in [1.82, 2.24) is 0 Å². The summed E-state index contributed by atoms with van der Waals surface area (Å²) >= 11 is 6.28. The first-order valence-electron chi connectivity index (χ1n) is 8.91. The lowest BCUT2D eigenvalue weighted by molar-refractivity contribution is 0.832. The van der Waals surface area contributed by atoms with Crippen molar-refractivity contribution >= 4 is 17.8 Å². The van der Waals surface area contributed by atoms with E-state index in [1.54, 1.807) is 0 Å². The predicted octanol–water partition coefficient (Wildman–Crippen LogP) is 5.42. The van der Waals surface area contributed by atoms with Gasteiger partial charge in [-0.25, -0.2) is 0 Å². The highest BCUT2D eigenvalue weighted by atomic mass is 32.4. The zero-order chi connectivity index (χ0) is 17.4. The molecular formula is C21H30NPS. The summed E-state index contributed by atoms with van der Waals surface area (Å²) in [5.74, 6) is 1.05. The Balaban J connectivity index is 2.11. The molecule has 0 aliphatic carbocycles. The van der Waals surface area contributed by atoms with Crippen molar-refractivity contribution in [2.75, 3.05) is 25.0 Å². The monoisotopic (exact) mass is 359 g/mol. The van der Waals surface area contributed by atoms with Crippen LogP contribution >= 0.6 is 6.04 Å². The van der Waals surface area contributed by atoms with E-state index in [1.807, 2.05) is 0 Å². The summed E-state index contributed by atoms with van der Waals surface area (Å²) in [5, 5.41) is 0. The maximum Gasteiger partial charge on any atom is -0.00737 e. The summed E-state index contributed by atoms with van der Waals surface area (Å²) in [6.07, 6.45) is 4.47. The highest BCUT2D eigenvalue weighted by molar-refractivity contribution is 8.14. The predicted molar refractivity (Wildman–Crippen MR) is 112 cm³/mol. The molecule has 24 heavy (non-hydrogen) atoms. The fourth-order valence-electron chi connectivity index (χ4n) is 3.41. The molecule has 130 valence electrons. The van der Waals surface area contributed by atoms with E-state index in [0.717, 1.165) is 31.5 Å². The molecule has 3 heteroatoms. The molecule has 0 spiro atoms. The van der Waals surface area contributed by atoms with Gasteiger partial charge in [-0.05, 0) is 60.5 Å². The van der Waals surface area contributed by atoms with Crippen LogP contribution in [0.15, 0.2) is 60.7 Å². The van der Waals surface area contributed by atoms with E-state index in [2.05, 4.69) is 74.5 Å². The van der Waals surface area contributed by atoms with Crippen molar-refractivity contribution in [2.24, 2.45) is 5.73 Å². The Kier molecular flexibility index (Phi) is 7.68. The van der Waals surface area contributed by atoms with Gasteiger partial charge in [0.25, 0.3) is 0 Å². The van der Waals surface area contributed by atoms with Crippen LogP contribution in [0.2, 0.25) is 0 Å². The topological polar surface area (TPSA) is 26.0 Å². The summed E-state index contributed by atoms with van der Waals surface area (Å²) in [4.78, 5) is 0. The molecule has 2 unspecified atom stereocenters. The third-order valence-electron chi connectivity index (χ3n) is 4.72. The summed E-state index contributed by atoms with van der Waals surface area (Å²) in [6.45, 7) is 5.40. The van der Waals surface area contributed by atoms with Crippen LogP contribution in [0.1, 0.15) is 43.2 Å². The summed E-state index contributed by atoms with van der Waals surface area (Å²) in [6, 6.07) is 20.2. The van der Waals surface area contributed by atoms with Gasteiger partial charge in [0, 0.05) is 0 Å². The molecule has 0 radical (unpaired) electrons. The Labute approximate surface area is 152 Å². The minimum Gasteiger partial charge on any atom is -0.330 e. The summed E-state index contributed by atoms with van der Waals surface area (Å²) in [7, 11) is 0. The lowest BCUT2D eigenvalue weighted by Gasteiger charge is -2.29. The molecule has 0 aromatic heterocycles. The van der Waals surface area contributed by atoms with Gasteiger partial charge in [-0.2, -0.15) is 0 Å². The van der Waals surface area contributed by atoms with Gasteiger partial charge in [0.15, 0.2) is 0 Å². The van der Waals surface area contributed by atoms with Gasteiger partial charge in [0.05, 0.1) is 0 Å². The minimum absolute atomic E-state index is 0.526. The van der Waals surface area contributed by atoms with Crippen molar-refractivity contribution in [1.29, 1.82) is 0 Å².